The quantitative estimate of drug-likeness (QED) is 0.831. The van der Waals surface area contributed by atoms with E-state index in [4.69, 9.17) is 0 Å². The molecule has 1 atom stereocenters. The van der Waals surface area contributed by atoms with Crippen LogP contribution >= 0.6 is 0 Å². The minimum Gasteiger partial charge on any atom is -0.356 e. The van der Waals surface area contributed by atoms with Gasteiger partial charge in [0.05, 0.1) is 6.54 Å². The van der Waals surface area contributed by atoms with Crippen LogP contribution in [0.1, 0.15) is 37.8 Å². The molecule has 6 nitrogen and oxygen atoms in total. The Morgan fingerprint density at radius 2 is 2.26 bits per heavy atom. The smallest absolute Gasteiger partial charge is 0.191 e. The molecule has 2 aliphatic heterocycles. The zero-order valence-electron chi connectivity index (χ0n) is 11.5. The van der Waals surface area contributed by atoms with Gasteiger partial charge < -0.3 is 15.2 Å². The van der Waals surface area contributed by atoms with Crippen molar-refractivity contribution in [3.63, 3.8) is 0 Å². The van der Waals surface area contributed by atoms with Crippen LogP contribution in [-0.4, -0.2) is 39.9 Å². The Hall–Kier alpha value is -1.59. The van der Waals surface area contributed by atoms with E-state index >= 15 is 0 Å². The van der Waals surface area contributed by atoms with Gasteiger partial charge in [-0.15, -0.1) is 10.2 Å². The molecule has 3 rings (SSSR count). The summed E-state index contributed by atoms with van der Waals surface area (Å²) in [4.78, 5) is 4.39. The highest BCUT2D eigenvalue weighted by Gasteiger charge is 2.15. The molecule has 0 saturated carbocycles. The second-order valence-electron chi connectivity index (χ2n) is 5.41. The Labute approximate surface area is 113 Å². The van der Waals surface area contributed by atoms with E-state index in [9.17, 15) is 0 Å². The third-order valence-corrected chi connectivity index (χ3v) is 3.73. The summed E-state index contributed by atoms with van der Waals surface area (Å²) in [6.07, 6.45) is 5.78. The largest absolute Gasteiger partial charge is 0.356 e. The SMILES string of the molecule is CC1CN=C(NCCc2nnc3n2CCCCC3)N1. The number of hydrogen-bond donors (Lipinski definition) is 2. The molecule has 1 aromatic rings. The zero-order valence-corrected chi connectivity index (χ0v) is 11.5. The Bertz CT molecular complexity index is 464. The fraction of sp³-hybridized carbons (Fsp3) is 0.769. The molecule has 1 aromatic heterocycles. The van der Waals surface area contributed by atoms with Gasteiger partial charge in [0.25, 0.3) is 0 Å². The number of nitrogens with one attached hydrogen (secondary N) is 2. The lowest BCUT2D eigenvalue weighted by Crippen LogP contribution is -2.38. The second-order valence-corrected chi connectivity index (χ2v) is 5.41. The molecule has 0 bridgehead atoms. The first-order valence-electron chi connectivity index (χ1n) is 7.29. The van der Waals surface area contributed by atoms with Gasteiger partial charge in [-0.25, -0.2) is 0 Å². The van der Waals surface area contributed by atoms with Crippen LogP contribution in [0.3, 0.4) is 0 Å². The van der Waals surface area contributed by atoms with Gasteiger partial charge in [0.15, 0.2) is 5.96 Å². The number of nitrogens with zero attached hydrogens (tertiary/aromatic N) is 4. The first kappa shape index (κ1) is 12.4. The van der Waals surface area contributed by atoms with Crippen molar-refractivity contribution in [2.75, 3.05) is 13.1 Å². The third kappa shape index (κ3) is 2.88. The number of guanidine groups is 1. The molecular weight excluding hydrogens is 240 g/mol. The van der Waals surface area contributed by atoms with Gasteiger partial charge in [-0.1, -0.05) is 6.42 Å². The van der Waals surface area contributed by atoms with E-state index in [2.05, 4.69) is 37.3 Å². The third-order valence-electron chi connectivity index (χ3n) is 3.73. The summed E-state index contributed by atoms with van der Waals surface area (Å²) in [7, 11) is 0. The minimum absolute atomic E-state index is 0.451. The zero-order chi connectivity index (χ0) is 13.1. The maximum Gasteiger partial charge on any atom is 0.191 e. The summed E-state index contributed by atoms with van der Waals surface area (Å²) in [5.74, 6) is 3.19. The predicted molar refractivity (Wildman–Crippen MR) is 74.2 cm³/mol. The topological polar surface area (TPSA) is 67.1 Å². The molecule has 3 heterocycles. The number of rotatable bonds is 3. The van der Waals surface area contributed by atoms with Crippen molar-refractivity contribution in [1.29, 1.82) is 0 Å². The average Bonchev–Trinajstić information content (AvgIpc) is 2.90. The molecule has 6 heteroatoms. The lowest BCUT2D eigenvalue weighted by atomic mass is 10.2. The standard InChI is InChI=1S/C13H22N6/c1-10-9-15-13(16-10)14-7-6-12-18-17-11-5-3-2-4-8-19(11)12/h10H,2-9H2,1H3,(H2,14,15,16). The van der Waals surface area contributed by atoms with Crippen molar-refractivity contribution in [3.05, 3.63) is 11.6 Å². The van der Waals surface area contributed by atoms with Crippen LogP contribution in [0.4, 0.5) is 0 Å². The molecule has 0 amide bonds. The van der Waals surface area contributed by atoms with E-state index in [1.807, 2.05) is 0 Å². The van der Waals surface area contributed by atoms with Crippen LogP contribution in [0.5, 0.6) is 0 Å². The molecule has 104 valence electrons. The van der Waals surface area contributed by atoms with Crippen LogP contribution < -0.4 is 10.6 Å². The van der Waals surface area contributed by atoms with E-state index < -0.39 is 0 Å². The maximum atomic E-state index is 4.39. The van der Waals surface area contributed by atoms with Crippen LogP contribution in [0.2, 0.25) is 0 Å². The van der Waals surface area contributed by atoms with Crippen LogP contribution in [0, 0.1) is 0 Å². The van der Waals surface area contributed by atoms with Gasteiger partial charge in [-0.2, -0.15) is 0 Å². The Morgan fingerprint density at radius 1 is 1.32 bits per heavy atom. The highest BCUT2D eigenvalue weighted by molar-refractivity contribution is 5.81. The Morgan fingerprint density at radius 3 is 3.11 bits per heavy atom. The summed E-state index contributed by atoms with van der Waals surface area (Å²) in [5.41, 5.74) is 0. The molecule has 19 heavy (non-hydrogen) atoms. The maximum absolute atomic E-state index is 4.39. The molecule has 1 unspecified atom stereocenters. The lowest BCUT2D eigenvalue weighted by Gasteiger charge is -2.09. The summed E-state index contributed by atoms with van der Waals surface area (Å²) in [6, 6.07) is 0.451. The number of aryl methyl sites for hydroxylation is 1. The lowest BCUT2D eigenvalue weighted by molar-refractivity contribution is 0.600. The van der Waals surface area contributed by atoms with Gasteiger partial charge >= 0.3 is 0 Å². The van der Waals surface area contributed by atoms with Crippen molar-refractivity contribution < 1.29 is 0 Å². The van der Waals surface area contributed by atoms with E-state index in [1.165, 1.54) is 19.3 Å². The van der Waals surface area contributed by atoms with Crippen molar-refractivity contribution in [3.8, 4) is 0 Å². The first-order chi connectivity index (χ1) is 9.33. The predicted octanol–water partition coefficient (Wildman–Crippen LogP) is 0.484. The number of aromatic nitrogens is 3. The van der Waals surface area contributed by atoms with Crippen molar-refractivity contribution in [2.45, 2.75) is 51.6 Å². The highest BCUT2D eigenvalue weighted by atomic mass is 15.3. The molecule has 0 aliphatic carbocycles. The summed E-state index contributed by atoms with van der Waals surface area (Å²) in [5, 5.41) is 15.3. The van der Waals surface area contributed by atoms with Crippen LogP contribution in [0.15, 0.2) is 4.99 Å². The fourth-order valence-electron chi connectivity index (χ4n) is 2.68. The van der Waals surface area contributed by atoms with Crippen LogP contribution in [-0.2, 0) is 19.4 Å². The minimum atomic E-state index is 0.451. The summed E-state index contributed by atoms with van der Waals surface area (Å²) in [6.45, 7) is 4.93. The Balaban J connectivity index is 1.54. The molecular formula is C13H22N6. The van der Waals surface area contributed by atoms with Crippen molar-refractivity contribution in [2.24, 2.45) is 4.99 Å². The number of aliphatic imine (C=N–C) groups is 1. The number of fused-ring (bicyclic) bond motifs is 1. The van der Waals surface area contributed by atoms with E-state index in [0.29, 0.717) is 6.04 Å². The van der Waals surface area contributed by atoms with Gasteiger partial charge in [-0.05, 0) is 19.8 Å². The highest BCUT2D eigenvalue weighted by Crippen LogP contribution is 2.14. The summed E-state index contributed by atoms with van der Waals surface area (Å²) < 4.78 is 2.31. The molecule has 0 saturated heterocycles. The molecule has 2 N–H and O–H groups in total. The van der Waals surface area contributed by atoms with Gasteiger partial charge in [0, 0.05) is 32.0 Å². The molecule has 0 spiro atoms. The van der Waals surface area contributed by atoms with Gasteiger partial charge in [0.2, 0.25) is 0 Å². The second kappa shape index (κ2) is 5.59. The van der Waals surface area contributed by atoms with Crippen molar-refractivity contribution >= 4 is 5.96 Å². The fourth-order valence-corrected chi connectivity index (χ4v) is 2.68. The summed E-state index contributed by atoms with van der Waals surface area (Å²) >= 11 is 0. The molecule has 0 fully saturated rings. The van der Waals surface area contributed by atoms with Gasteiger partial charge in [0.1, 0.15) is 11.6 Å². The number of hydrogen-bond acceptors (Lipinski definition) is 5. The Kier molecular flexibility index (Phi) is 3.66. The normalized spacial score (nSPS) is 22.4. The first-order valence-corrected chi connectivity index (χ1v) is 7.29. The molecule has 0 radical (unpaired) electrons. The average molecular weight is 262 g/mol. The van der Waals surface area contributed by atoms with Gasteiger partial charge in [-0.3, -0.25) is 4.99 Å². The van der Waals surface area contributed by atoms with Crippen molar-refractivity contribution in [1.82, 2.24) is 25.4 Å². The van der Waals surface area contributed by atoms with E-state index in [0.717, 1.165) is 50.1 Å². The monoisotopic (exact) mass is 262 g/mol. The van der Waals surface area contributed by atoms with E-state index in [-0.39, 0.29) is 0 Å². The van der Waals surface area contributed by atoms with Crippen LogP contribution in [0.25, 0.3) is 0 Å². The molecule has 2 aliphatic rings. The van der Waals surface area contributed by atoms with E-state index in [1.54, 1.807) is 0 Å². The molecule has 0 aromatic carbocycles.